The molecule has 0 bridgehead atoms. The van der Waals surface area contributed by atoms with Gasteiger partial charge >= 0.3 is 0 Å². The van der Waals surface area contributed by atoms with E-state index in [4.69, 9.17) is 9.72 Å². The largest absolute Gasteiger partial charge is 0.377 e. The molecule has 1 aliphatic carbocycles. The van der Waals surface area contributed by atoms with Crippen molar-refractivity contribution in [1.82, 2.24) is 15.2 Å². The van der Waals surface area contributed by atoms with E-state index in [1.807, 2.05) is 0 Å². The first-order chi connectivity index (χ1) is 10.0. The molecule has 1 aromatic rings. The number of nitrogens with zero attached hydrogens (tertiary/aromatic N) is 4. The third kappa shape index (κ3) is 2.13. The van der Waals surface area contributed by atoms with Crippen LogP contribution in [0, 0.1) is 11.3 Å². The maximum Gasteiger partial charge on any atom is 0.245 e. The summed E-state index contributed by atoms with van der Waals surface area (Å²) < 4.78 is 5.88. The zero-order chi connectivity index (χ0) is 15.2. The van der Waals surface area contributed by atoms with Crippen molar-refractivity contribution in [2.75, 3.05) is 18.6 Å². The van der Waals surface area contributed by atoms with Crippen LogP contribution in [0.15, 0.2) is 0 Å². The molecule has 116 valence electrons. The van der Waals surface area contributed by atoms with E-state index in [2.05, 4.69) is 49.8 Å². The van der Waals surface area contributed by atoms with Gasteiger partial charge in [0.05, 0.1) is 17.5 Å². The predicted octanol–water partition coefficient (Wildman–Crippen LogP) is 2.25. The molecule has 0 spiro atoms. The molecular weight excluding hydrogens is 264 g/mol. The van der Waals surface area contributed by atoms with Gasteiger partial charge in [-0.15, -0.1) is 5.10 Å². The molecule has 21 heavy (non-hydrogen) atoms. The molecule has 3 atom stereocenters. The van der Waals surface area contributed by atoms with Gasteiger partial charge in [0.2, 0.25) is 5.95 Å². The third-order valence-electron chi connectivity index (χ3n) is 5.27. The number of rotatable bonds is 4. The first-order valence-electron chi connectivity index (χ1n) is 8.07. The minimum Gasteiger partial charge on any atom is -0.377 e. The van der Waals surface area contributed by atoms with Gasteiger partial charge in [-0.1, -0.05) is 27.7 Å². The van der Waals surface area contributed by atoms with E-state index in [9.17, 15) is 0 Å². The molecule has 3 unspecified atom stereocenters. The molecule has 2 aliphatic rings. The minimum absolute atomic E-state index is 0.148. The van der Waals surface area contributed by atoms with Gasteiger partial charge in [0.15, 0.2) is 0 Å². The number of hydrogen-bond donors (Lipinski definition) is 0. The van der Waals surface area contributed by atoms with Gasteiger partial charge in [-0.05, 0) is 19.3 Å². The first kappa shape index (κ1) is 14.7. The zero-order valence-corrected chi connectivity index (χ0v) is 13.8. The normalized spacial score (nSPS) is 29.9. The van der Waals surface area contributed by atoms with Crippen LogP contribution in [0.25, 0.3) is 0 Å². The van der Waals surface area contributed by atoms with Gasteiger partial charge < -0.3 is 9.64 Å². The Balaban J connectivity index is 1.87. The van der Waals surface area contributed by atoms with Crippen molar-refractivity contribution in [2.24, 2.45) is 11.3 Å². The van der Waals surface area contributed by atoms with Crippen LogP contribution < -0.4 is 4.90 Å². The van der Waals surface area contributed by atoms with E-state index >= 15 is 0 Å². The monoisotopic (exact) mass is 290 g/mol. The van der Waals surface area contributed by atoms with Crippen LogP contribution in [-0.4, -0.2) is 41.0 Å². The van der Waals surface area contributed by atoms with Crippen LogP contribution in [0.5, 0.6) is 0 Å². The second-order valence-corrected chi connectivity index (χ2v) is 6.83. The van der Waals surface area contributed by atoms with Gasteiger partial charge in [-0.3, -0.25) is 0 Å². The molecule has 2 fully saturated rings. The van der Waals surface area contributed by atoms with Crippen molar-refractivity contribution in [3.63, 3.8) is 0 Å². The Labute approximate surface area is 127 Å². The first-order valence-corrected chi connectivity index (χ1v) is 8.07. The summed E-state index contributed by atoms with van der Waals surface area (Å²) >= 11 is 0. The maximum absolute atomic E-state index is 5.88. The lowest BCUT2D eigenvalue weighted by molar-refractivity contribution is -0.101. The van der Waals surface area contributed by atoms with Crippen molar-refractivity contribution in [1.29, 1.82) is 0 Å². The Morgan fingerprint density at radius 1 is 1.19 bits per heavy atom. The molecule has 3 rings (SSSR count). The highest BCUT2D eigenvalue weighted by Crippen LogP contribution is 2.54. The Kier molecular flexibility index (Phi) is 3.64. The van der Waals surface area contributed by atoms with E-state index in [-0.39, 0.29) is 5.41 Å². The summed E-state index contributed by atoms with van der Waals surface area (Å²) in [5.41, 5.74) is 2.24. The van der Waals surface area contributed by atoms with Crippen LogP contribution >= 0.6 is 0 Å². The summed E-state index contributed by atoms with van der Waals surface area (Å²) in [7, 11) is 2.10. The second kappa shape index (κ2) is 5.20. The number of ether oxygens (including phenoxy) is 1. The summed E-state index contributed by atoms with van der Waals surface area (Å²) in [5, 5.41) is 8.74. The van der Waals surface area contributed by atoms with Crippen LogP contribution in [0.2, 0.25) is 0 Å². The highest BCUT2D eigenvalue weighted by atomic mass is 16.5. The average Bonchev–Trinajstić information content (AvgIpc) is 2.92. The standard InChI is InChI=1S/C16H26N4O/c1-6-11-12(7-2)18-19-15(17-11)20(5)13-10-8-9-21-14(10)16(13,3)4/h10,13-14H,6-9H2,1-5H3. The van der Waals surface area contributed by atoms with Gasteiger partial charge in [0, 0.05) is 31.0 Å². The minimum atomic E-state index is 0.148. The predicted molar refractivity (Wildman–Crippen MR) is 82.4 cm³/mol. The quantitative estimate of drug-likeness (QED) is 0.851. The fourth-order valence-corrected chi connectivity index (χ4v) is 4.29. The Bertz CT molecular complexity index is 531. The number of hydrogen-bond acceptors (Lipinski definition) is 5. The fourth-order valence-electron chi connectivity index (χ4n) is 4.29. The Morgan fingerprint density at radius 3 is 2.57 bits per heavy atom. The molecule has 0 N–H and O–H groups in total. The van der Waals surface area contributed by atoms with Gasteiger partial charge in [0.1, 0.15) is 0 Å². The summed E-state index contributed by atoms with van der Waals surface area (Å²) in [4.78, 5) is 6.98. The van der Waals surface area contributed by atoms with Gasteiger partial charge in [-0.25, -0.2) is 4.98 Å². The third-order valence-corrected chi connectivity index (χ3v) is 5.27. The highest BCUT2D eigenvalue weighted by molar-refractivity contribution is 5.36. The van der Waals surface area contributed by atoms with Crippen LogP contribution in [-0.2, 0) is 17.6 Å². The van der Waals surface area contributed by atoms with E-state index in [0.29, 0.717) is 18.1 Å². The second-order valence-electron chi connectivity index (χ2n) is 6.83. The van der Waals surface area contributed by atoms with Crippen LogP contribution in [0.4, 0.5) is 5.95 Å². The molecule has 0 radical (unpaired) electrons. The SMILES string of the molecule is CCc1nnc(N(C)C2C3CCOC3C2(C)C)nc1CC. The Morgan fingerprint density at radius 2 is 1.90 bits per heavy atom. The summed E-state index contributed by atoms with van der Waals surface area (Å²) in [5.74, 6) is 1.36. The molecule has 5 heteroatoms. The van der Waals surface area contributed by atoms with Crippen LogP contribution in [0.1, 0.15) is 45.5 Å². The lowest BCUT2D eigenvalue weighted by Crippen LogP contribution is -2.66. The van der Waals surface area contributed by atoms with Gasteiger partial charge in [0.25, 0.3) is 0 Å². The summed E-state index contributed by atoms with van der Waals surface area (Å²) in [6.07, 6.45) is 3.33. The molecule has 0 aromatic carbocycles. The molecule has 1 saturated carbocycles. The molecular formula is C16H26N4O. The topological polar surface area (TPSA) is 51.1 Å². The van der Waals surface area contributed by atoms with E-state index in [1.165, 1.54) is 0 Å². The molecule has 1 aliphatic heterocycles. The highest BCUT2D eigenvalue weighted by Gasteiger charge is 2.61. The molecule has 2 heterocycles. The summed E-state index contributed by atoms with van der Waals surface area (Å²) in [6.45, 7) is 9.69. The zero-order valence-electron chi connectivity index (χ0n) is 13.8. The fraction of sp³-hybridized carbons (Fsp3) is 0.812. The lowest BCUT2D eigenvalue weighted by atomic mass is 9.57. The van der Waals surface area contributed by atoms with E-state index < -0.39 is 0 Å². The Hall–Kier alpha value is -1.23. The molecule has 5 nitrogen and oxygen atoms in total. The van der Waals surface area contributed by atoms with Crippen molar-refractivity contribution in [3.05, 3.63) is 11.4 Å². The van der Waals surface area contributed by atoms with E-state index in [0.717, 1.165) is 43.2 Å². The molecule has 1 saturated heterocycles. The van der Waals surface area contributed by atoms with Crippen molar-refractivity contribution in [2.45, 2.75) is 59.1 Å². The van der Waals surface area contributed by atoms with Gasteiger partial charge in [-0.2, -0.15) is 5.10 Å². The average molecular weight is 290 g/mol. The number of anilines is 1. The van der Waals surface area contributed by atoms with Crippen molar-refractivity contribution >= 4 is 5.95 Å². The van der Waals surface area contributed by atoms with Crippen LogP contribution in [0.3, 0.4) is 0 Å². The molecule has 1 aromatic heterocycles. The number of aromatic nitrogens is 3. The lowest BCUT2D eigenvalue weighted by Gasteiger charge is -2.57. The van der Waals surface area contributed by atoms with Crippen molar-refractivity contribution in [3.8, 4) is 0 Å². The van der Waals surface area contributed by atoms with E-state index in [1.54, 1.807) is 0 Å². The summed E-state index contributed by atoms with van der Waals surface area (Å²) in [6, 6.07) is 0.434. The maximum atomic E-state index is 5.88. The van der Waals surface area contributed by atoms with Crippen molar-refractivity contribution < 1.29 is 4.74 Å². The number of aryl methyl sites for hydroxylation is 2. The molecule has 0 amide bonds. The smallest absolute Gasteiger partial charge is 0.245 e. The number of fused-ring (bicyclic) bond motifs is 1.